The minimum Gasteiger partial charge on any atom is -0.693 e. The van der Waals surface area contributed by atoms with E-state index in [1.165, 1.54) is 0 Å². The first-order chi connectivity index (χ1) is 4.39. The van der Waals surface area contributed by atoms with E-state index >= 15 is 0 Å². The monoisotopic (exact) mass is 339 g/mol. The Balaban J connectivity index is 0. The van der Waals surface area contributed by atoms with Crippen LogP contribution in [0.5, 0.6) is 0 Å². The van der Waals surface area contributed by atoms with Crippen molar-refractivity contribution in [2.24, 2.45) is 0 Å². The van der Waals surface area contributed by atoms with Crippen molar-refractivity contribution in [3.8, 4) is 0 Å². The molecule has 1 aromatic rings. The smallest absolute Gasteiger partial charge is 0.693 e. The second kappa shape index (κ2) is 9.09. The number of aromatic nitrogens is 1. The Bertz CT molecular complexity index is 146. The number of pyridine rings is 1. The van der Waals surface area contributed by atoms with Crippen LogP contribution in [0.4, 0.5) is 0 Å². The van der Waals surface area contributed by atoms with Crippen LogP contribution < -0.4 is 0 Å². The number of rotatable bonds is 0. The Morgan fingerprint density at radius 3 is 2.20 bits per heavy atom. The van der Waals surface area contributed by atoms with Crippen molar-refractivity contribution in [2.75, 3.05) is 0 Å². The molecule has 0 aliphatic rings. The molecule has 0 aromatic carbocycles. The molecule has 1 aromatic heterocycles. The Labute approximate surface area is 76.4 Å². The molecule has 0 aliphatic heterocycles. The van der Waals surface area contributed by atoms with Crippen molar-refractivity contribution in [3.63, 3.8) is 0 Å². The van der Waals surface area contributed by atoms with E-state index in [1.54, 1.807) is 25.0 Å². The van der Waals surface area contributed by atoms with Crippen LogP contribution in [0.2, 0.25) is 0 Å². The molecular formula is C6H9ClN2Pt. The molecule has 0 saturated heterocycles. The molecule has 2 N–H and O–H groups in total. The van der Waals surface area contributed by atoms with Crippen LogP contribution >= 0.6 is 9.42 Å². The number of hydrogen-bond acceptors (Lipinski definition) is 1. The third kappa shape index (κ3) is 6.21. The fraction of sp³-hybridized carbons (Fsp3) is 0.167. The van der Waals surface area contributed by atoms with Crippen molar-refractivity contribution in [2.45, 2.75) is 6.92 Å². The topological polar surface area (TPSA) is 46.4 Å². The van der Waals surface area contributed by atoms with Gasteiger partial charge in [-0.3, -0.25) is 4.98 Å². The third-order valence-electron chi connectivity index (χ3n) is 0.813. The van der Waals surface area contributed by atoms with Gasteiger partial charge in [-0.05, 0) is 19.1 Å². The van der Waals surface area contributed by atoms with E-state index in [4.69, 9.17) is 0 Å². The predicted molar refractivity (Wildman–Crippen MR) is 40.1 cm³/mol. The molecule has 4 heteroatoms. The molecule has 1 rings (SSSR count). The van der Waals surface area contributed by atoms with Gasteiger partial charge in [-0.2, -0.15) is 0 Å². The summed E-state index contributed by atoms with van der Waals surface area (Å²) in [6, 6.07) is 5.86. The van der Waals surface area contributed by atoms with Crippen LogP contribution in [0, 0.1) is 6.92 Å². The second-order valence-corrected chi connectivity index (χ2v) is 1.47. The van der Waals surface area contributed by atoms with Gasteiger partial charge in [0.1, 0.15) is 0 Å². The molecule has 60 valence electrons. The standard InChI is InChI=1S/C6H7N.ClH.H2N.Pt/c1-6-4-2-3-5-7-6;;;/h2-5H,1H3;1H;1H2;/q;;-1;+2/p-1. The average molecular weight is 340 g/mol. The summed E-state index contributed by atoms with van der Waals surface area (Å²) in [5.74, 6) is 0. The zero-order valence-corrected chi connectivity index (χ0v) is 8.56. The van der Waals surface area contributed by atoms with Crippen molar-refractivity contribution < 1.29 is 18.8 Å². The molecule has 0 bridgehead atoms. The molecule has 10 heavy (non-hydrogen) atoms. The summed E-state index contributed by atoms with van der Waals surface area (Å²) in [6.45, 7) is 1.97. The summed E-state index contributed by atoms with van der Waals surface area (Å²) >= 11 is 1.61. The van der Waals surface area contributed by atoms with Crippen LogP contribution in [-0.2, 0) is 18.8 Å². The minimum atomic E-state index is 0. The predicted octanol–water partition coefficient (Wildman–Crippen LogP) is 2.79. The van der Waals surface area contributed by atoms with Crippen molar-refractivity contribution in [3.05, 3.63) is 36.2 Å². The Hall–Kier alpha value is 0.0883. The van der Waals surface area contributed by atoms with E-state index in [0.717, 1.165) is 5.69 Å². The Kier molecular flexibility index (Phi) is 11.6. The van der Waals surface area contributed by atoms with Gasteiger partial charge in [-0.1, -0.05) is 6.07 Å². The summed E-state index contributed by atoms with van der Waals surface area (Å²) in [5.41, 5.74) is 1.07. The fourth-order valence-corrected chi connectivity index (χ4v) is 0.448. The molecule has 2 nitrogen and oxygen atoms in total. The van der Waals surface area contributed by atoms with E-state index in [9.17, 15) is 0 Å². The Morgan fingerprint density at radius 1 is 1.40 bits per heavy atom. The summed E-state index contributed by atoms with van der Waals surface area (Å²) in [4.78, 5) is 3.98. The van der Waals surface area contributed by atoms with Gasteiger partial charge in [-0.25, -0.2) is 0 Å². The van der Waals surface area contributed by atoms with Gasteiger partial charge in [-0.15, -0.1) is 0 Å². The maximum Gasteiger partial charge on any atom is -0.693 e. The largest absolute Gasteiger partial charge is 0.693 e. The molecular weight excluding hydrogens is 331 g/mol. The molecule has 0 atom stereocenters. The van der Waals surface area contributed by atoms with Gasteiger partial charge in [0.05, 0.1) is 0 Å². The number of aryl methyl sites for hydroxylation is 1. The number of hydrogen-bond donors (Lipinski definition) is 0. The van der Waals surface area contributed by atoms with Gasteiger partial charge in [0.15, 0.2) is 0 Å². The third-order valence-corrected chi connectivity index (χ3v) is 0.813. The number of halogens is 1. The molecule has 0 saturated carbocycles. The van der Waals surface area contributed by atoms with Gasteiger partial charge in [0, 0.05) is 11.9 Å². The summed E-state index contributed by atoms with van der Waals surface area (Å²) in [7, 11) is 4.61. The van der Waals surface area contributed by atoms with E-state index in [1.807, 2.05) is 25.1 Å². The minimum absolute atomic E-state index is 0. The van der Waals surface area contributed by atoms with Crippen molar-refractivity contribution in [1.82, 2.24) is 4.98 Å². The normalized spacial score (nSPS) is 6.80. The Morgan fingerprint density at radius 2 is 2.00 bits per heavy atom. The molecule has 0 radical (unpaired) electrons. The molecule has 0 spiro atoms. The molecule has 0 aliphatic carbocycles. The zero-order valence-electron chi connectivity index (χ0n) is 5.53. The van der Waals surface area contributed by atoms with Crippen LogP contribution in [-0.4, -0.2) is 4.98 Å². The molecule has 0 unspecified atom stereocenters. The zero-order chi connectivity index (χ0) is 7.11. The quantitative estimate of drug-likeness (QED) is 0.717. The van der Waals surface area contributed by atoms with Gasteiger partial charge < -0.3 is 6.15 Å². The van der Waals surface area contributed by atoms with E-state index in [2.05, 4.69) is 14.4 Å². The van der Waals surface area contributed by atoms with Crippen LogP contribution in [0.15, 0.2) is 24.4 Å². The van der Waals surface area contributed by atoms with Crippen LogP contribution in [0.25, 0.3) is 6.15 Å². The molecule has 1 heterocycles. The summed E-state index contributed by atoms with van der Waals surface area (Å²) < 4.78 is 0. The first-order valence-electron chi connectivity index (χ1n) is 2.39. The fourth-order valence-electron chi connectivity index (χ4n) is 0.448. The van der Waals surface area contributed by atoms with Gasteiger partial charge in [0.2, 0.25) is 0 Å². The van der Waals surface area contributed by atoms with Crippen LogP contribution in [0.3, 0.4) is 0 Å². The van der Waals surface area contributed by atoms with E-state index in [-0.39, 0.29) is 6.15 Å². The molecule has 0 fully saturated rings. The van der Waals surface area contributed by atoms with Gasteiger partial charge in [0.25, 0.3) is 0 Å². The van der Waals surface area contributed by atoms with E-state index < -0.39 is 0 Å². The second-order valence-electron chi connectivity index (χ2n) is 1.47. The average Bonchev–Trinajstić information content (AvgIpc) is 1.94. The molecule has 0 amide bonds. The first kappa shape index (κ1) is 12.7. The van der Waals surface area contributed by atoms with Crippen molar-refractivity contribution in [1.29, 1.82) is 0 Å². The summed E-state index contributed by atoms with van der Waals surface area (Å²) in [6.07, 6.45) is 1.79. The van der Waals surface area contributed by atoms with Gasteiger partial charge >= 0.3 is 28.2 Å². The summed E-state index contributed by atoms with van der Waals surface area (Å²) in [5, 5.41) is 0. The maximum atomic E-state index is 4.61. The SMILES string of the molecule is Cc1ccccn1.[Cl][Pt+].[NH2-]. The first-order valence-corrected chi connectivity index (χ1v) is 5.21. The van der Waals surface area contributed by atoms with E-state index in [0.29, 0.717) is 0 Å². The number of nitrogens with zero attached hydrogens (tertiary/aromatic N) is 1. The van der Waals surface area contributed by atoms with Crippen molar-refractivity contribution >= 4 is 9.42 Å². The maximum absolute atomic E-state index is 4.61. The van der Waals surface area contributed by atoms with Crippen LogP contribution in [0.1, 0.15) is 5.69 Å². The number of nitrogens with two attached hydrogens (primary N) is 1.